The lowest BCUT2D eigenvalue weighted by atomic mass is 10.2. The van der Waals surface area contributed by atoms with Gasteiger partial charge in [-0.05, 0) is 13.0 Å². The van der Waals surface area contributed by atoms with Crippen molar-refractivity contribution in [2.75, 3.05) is 5.33 Å². The minimum atomic E-state index is -0.569. The third-order valence-electron chi connectivity index (χ3n) is 2.26. The molecule has 0 saturated heterocycles. The van der Waals surface area contributed by atoms with Gasteiger partial charge in [-0.2, -0.15) is 0 Å². The smallest absolute Gasteiger partial charge is 0.217 e. The molecule has 0 aliphatic carbocycles. The van der Waals surface area contributed by atoms with Crippen LogP contribution in [-0.4, -0.2) is 16.1 Å². The van der Waals surface area contributed by atoms with E-state index in [0.29, 0.717) is 11.9 Å². The quantitative estimate of drug-likeness (QED) is 0.725. The van der Waals surface area contributed by atoms with Crippen LogP contribution in [0, 0.1) is 6.92 Å². The molecule has 14 heavy (non-hydrogen) atoms. The normalized spacial score (nSPS) is 25.4. The zero-order valence-corrected chi connectivity index (χ0v) is 9.80. The Bertz CT molecular complexity index is 356. The van der Waals surface area contributed by atoms with E-state index < -0.39 is 5.79 Å². The van der Waals surface area contributed by atoms with Crippen LogP contribution in [-0.2, 0) is 11.3 Å². The molecule has 1 aliphatic rings. The highest BCUT2D eigenvalue weighted by Gasteiger charge is 2.32. The SMILES string of the molecule is Cc1nccc2c1OC(C)(CBr)OC2. The fourth-order valence-corrected chi connectivity index (χ4v) is 1.68. The zero-order chi connectivity index (χ0) is 10.2. The zero-order valence-electron chi connectivity index (χ0n) is 8.21. The van der Waals surface area contributed by atoms with Crippen molar-refractivity contribution < 1.29 is 9.47 Å². The molecule has 0 amide bonds. The first-order valence-electron chi connectivity index (χ1n) is 4.48. The molecule has 1 aromatic heterocycles. The Kier molecular flexibility index (Phi) is 2.49. The maximum Gasteiger partial charge on any atom is 0.217 e. The number of fused-ring (bicyclic) bond motifs is 1. The summed E-state index contributed by atoms with van der Waals surface area (Å²) in [6.07, 6.45) is 1.78. The molecule has 2 rings (SSSR count). The van der Waals surface area contributed by atoms with Crippen molar-refractivity contribution in [2.45, 2.75) is 26.2 Å². The molecular weight excluding hydrogens is 246 g/mol. The van der Waals surface area contributed by atoms with Crippen LogP contribution in [0.4, 0.5) is 0 Å². The molecule has 76 valence electrons. The van der Waals surface area contributed by atoms with Crippen molar-refractivity contribution in [2.24, 2.45) is 0 Å². The minimum absolute atomic E-state index is 0.569. The van der Waals surface area contributed by atoms with Gasteiger partial charge in [-0.3, -0.25) is 4.98 Å². The van der Waals surface area contributed by atoms with Gasteiger partial charge in [-0.1, -0.05) is 15.9 Å². The fourth-order valence-electron chi connectivity index (χ4n) is 1.40. The Balaban J connectivity index is 2.38. The van der Waals surface area contributed by atoms with E-state index in [4.69, 9.17) is 9.47 Å². The molecule has 0 radical (unpaired) electrons. The molecule has 0 aromatic carbocycles. The topological polar surface area (TPSA) is 31.4 Å². The average molecular weight is 258 g/mol. The predicted molar refractivity (Wildman–Crippen MR) is 56.6 cm³/mol. The second-order valence-corrected chi connectivity index (χ2v) is 4.10. The predicted octanol–water partition coefficient (Wildman–Crippen LogP) is 2.41. The third-order valence-corrected chi connectivity index (χ3v) is 3.28. The number of halogens is 1. The average Bonchev–Trinajstić information content (AvgIpc) is 2.20. The summed E-state index contributed by atoms with van der Waals surface area (Å²) in [6, 6.07) is 1.93. The monoisotopic (exact) mass is 257 g/mol. The van der Waals surface area contributed by atoms with Crippen LogP contribution in [0.5, 0.6) is 5.75 Å². The summed E-state index contributed by atoms with van der Waals surface area (Å²) in [5, 5.41) is 0.647. The number of nitrogens with zero attached hydrogens (tertiary/aromatic N) is 1. The minimum Gasteiger partial charge on any atom is -0.459 e. The first-order chi connectivity index (χ1) is 6.64. The molecule has 0 N–H and O–H groups in total. The third kappa shape index (κ3) is 1.64. The standard InChI is InChI=1S/C10H12BrNO2/c1-7-9-8(3-4-12-7)5-13-10(2,6-11)14-9/h3-4H,5-6H2,1-2H3. The highest BCUT2D eigenvalue weighted by molar-refractivity contribution is 9.09. The van der Waals surface area contributed by atoms with Gasteiger partial charge in [0.2, 0.25) is 5.79 Å². The summed E-state index contributed by atoms with van der Waals surface area (Å²) in [4.78, 5) is 4.20. The van der Waals surface area contributed by atoms with Crippen molar-refractivity contribution in [3.63, 3.8) is 0 Å². The molecule has 0 spiro atoms. The molecule has 0 fully saturated rings. The van der Waals surface area contributed by atoms with E-state index in [-0.39, 0.29) is 0 Å². The Morgan fingerprint density at radius 3 is 3.14 bits per heavy atom. The van der Waals surface area contributed by atoms with Crippen molar-refractivity contribution in [1.29, 1.82) is 0 Å². The number of alkyl halides is 1. The Hall–Kier alpha value is -0.610. The van der Waals surface area contributed by atoms with Gasteiger partial charge >= 0.3 is 0 Å². The second-order valence-electron chi connectivity index (χ2n) is 3.54. The number of ether oxygens (including phenoxy) is 2. The largest absolute Gasteiger partial charge is 0.459 e. The lowest BCUT2D eigenvalue weighted by Crippen LogP contribution is -2.40. The van der Waals surface area contributed by atoms with E-state index in [1.54, 1.807) is 6.20 Å². The molecule has 0 bridgehead atoms. The van der Waals surface area contributed by atoms with Gasteiger partial charge in [0.25, 0.3) is 0 Å². The second kappa shape index (κ2) is 3.51. The number of aryl methyl sites for hydroxylation is 1. The molecular formula is C10H12BrNO2. The van der Waals surface area contributed by atoms with Crippen LogP contribution in [0.25, 0.3) is 0 Å². The van der Waals surface area contributed by atoms with Crippen LogP contribution < -0.4 is 4.74 Å². The maximum atomic E-state index is 5.77. The van der Waals surface area contributed by atoms with Crippen LogP contribution in [0.2, 0.25) is 0 Å². The van der Waals surface area contributed by atoms with Crippen molar-refractivity contribution in [3.8, 4) is 5.75 Å². The van der Waals surface area contributed by atoms with E-state index in [9.17, 15) is 0 Å². The molecule has 0 saturated carbocycles. The summed E-state index contributed by atoms with van der Waals surface area (Å²) in [6.45, 7) is 4.44. The molecule has 1 aliphatic heterocycles. The summed E-state index contributed by atoms with van der Waals surface area (Å²) >= 11 is 3.37. The van der Waals surface area contributed by atoms with E-state index in [0.717, 1.165) is 17.0 Å². The molecule has 3 nitrogen and oxygen atoms in total. The van der Waals surface area contributed by atoms with E-state index in [1.807, 2.05) is 19.9 Å². The number of hydrogen-bond acceptors (Lipinski definition) is 3. The Labute approximate surface area is 91.6 Å². The van der Waals surface area contributed by atoms with Gasteiger partial charge in [0, 0.05) is 18.7 Å². The van der Waals surface area contributed by atoms with Gasteiger partial charge in [0.15, 0.2) is 0 Å². The molecule has 4 heteroatoms. The van der Waals surface area contributed by atoms with Crippen LogP contribution >= 0.6 is 15.9 Å². The van der Waals surface area contributed by atoms with Gasteiger partial charge in [0.1, 0.15) is 5.75 Å². The van der Waals surface area contributed by atoms with Crippen molar-refractivity contribution in [1.82, 2.24) is 4.98 Å². The van der Waals surface area contributed by atoms with Crippen molar-refractivity contribution >= 4 is 15.9 Å². The number of hydrogen-bond donors (Lipinski definition) is 0. The molecule has 2 heterocycles. The highest BCUT2D eigenvalue weighted by atomic mass is 79.9. The van der Waals surface area contributed by atoms with E-state index in [2.05, 4.69) is 20.9 Å². The van der Waals surface area contributed by atoms with Crippen LogP contribution in [0.1, 0.15) is 18.2 Å². The van der Waals surface area contributed by atoms with E-state index >= 15 is 0 Å². The van der Waals surface area contributed by atoms with Crippen molar-refractivity contribution in [3.05, 3.63) is 23.5 Å². The summed E-state index contributed by atoms with van der Waals surface area (Å²) in [5.41, 5.74) is 1.98. The molecule has 1 aromatic rings. The lowest BCUT2D eigenvalue weighted by Gasteiger charge is -2.34. The van der Waals surface area contributed by atoms with Gasteiger partial charge in [0.05, 0.1) is 17.6 Å². The van der Waals surface area contributed by atoms with Gasteiger partial charge < -0.3 is 9.47 Å². The summed E-state index contributed by atoms with van der Waals surface area (Å²) in [5.74, 6) is 0.293. The number of pyridine rings is 1. The number of aromatic nitrogens is 1. The number of rotatable bonds is 1. The summed E-state index contributed by atoms with van der Waals surface area (Å²) < 4.78 is 11.4. The highest BCUT2D eigenvalue weighted by Crippen LogP contribution is 2.33. The fraction of sp³-hybridized carbons (Fsp3) is 0.500. The first-order valence-corrected chi connectivity index (χ1v) is 5.60. The molecule has 1 atom stereocenters. The van der Waals surface area contributed by atoms with Crippen LogP contribution in [0.15, 0.2) is 12.3 Å². The van der Waals surface area contributed by atoms with Gasteiger partial charge in [-0.15, -0.1) is 0 Å². The first kappa shape index (κ1) is 9.93. The van der Waals surface area contributed by atoms with Crippen LogP contribution in [0.3, 0.4) is 0 Å². The Morgan fingerprint density at radius 1 is 1.64 bits per heavy atom. The Morgan fingerprint density at radius 2 is 2.43 bits per heavy atom. The lowest BCUT2D eigenvalue weighted by molar-refractivity contribution is -0.176. The summed E-state index contributed by atoms with van der Waals surface area (Å²) in [7, 11) is 0. The van der Waals surface area contributed by atoms with E-state index in [1.165, 1.54) is 0 Å². The maximum absolute atomic E-state index is 5.77. The molecule has 1 unspecified atom stereocenters. The van der Waals surface area contributed by atoms with Gasteiger partial charge in [-0.25, -0.2) is 0 Å².